The number of nitrogens with zero attached hydrogens (tertiary/aromatic N) is 2. The average Bonchev–Trinajstić information content (AvgIpc) is 2.36. The van der Waals surface area contributed by atoms with Crippen LogP contribution in [0, 0.1) is 6.92 Å². The van der Waals surface area contributed by atoms with Crippen LogP contribution < -0.4 is 0 Å². The summed E-state index contributed by atoms with van der Waals surface area (Å²) >= 11 is 0. The third-order valence-electron chi connectivity index (χ3n) is 2.80. The van der Waals surface area contributed by atoms with E-state index in [2.05, 4.69) is 34.5 Å². The minimum absolute atomic E-state index is 0.166. The van der Waals surface area contributed by atoms with Gasteiger partial charge in [0, 0.05) is 19.3 Å². The number of carbonyl (C=O) groups is 1. The van der Waals surface area contributed by atoms with Gasteiger partial charge >= 0.3 is 5.97 Å². The van der Waals surface area contributed by atoms with Gasteiger partial charge in [-0.15, -0.1) is 0 Å². The van der Waals surface area contributed by atoms with Crippen molar-refractivity contribution in [1.29, 1.82) is 0 Å². The molecule has 0 spiro atoms. The van der Waals surface area contributed by atoms with E-state index < -0.39 is 0 Å². The first-order valence-corrected chi connectivity index (χ1v) is 5.87. The molecule has 0 radical (unpaired) electrons. The molecule has 0 saturated carbocycles. The summed E-state index contributed by atoms with van der Waals surface area (Å²) in [6.45, 7) is 6.51. The van der Waals surface area contributed by atoms with Crippen LogP contribution in [0.1, 0.15) is 24.6 Å². The van der Waals surface area contributed by atoms with Crippen LogP contribution >= 0.6 is 0 Å². The van der Waals surface area contributed by atoms with Gasteiger partial charge in [0.2, 0.25) is 0 Å². The summed E-state index contributed by atoms with van der Waals surface area (Å²) in [6, 6.07) is 3.99. The number of carbonyl (C=O) groups excluding carboxylic acids is 1. The van der Waals surface area contributed by atoms with E-state index in [-0.39, 0.29) is 5.97 Å². The molecule has 0 bridgehead atoms. The summed E-state index contributed by atoms with van der Waals surface area (Å²) in [5, 5.41) is 0. The molecular formula is C13H20N2O2. The molecule has 94 valence electrons. The van der Waals surface area contributed by atoms with Crippen LogP contribution in [-0.2, 0) is 16.1 Å². The number of aryl methyl sites for hydroxylation is 1. The molecule has 1 heterocycles. The summed E-state index contributed by atoms with van der Waals surface area (Å²) in [6.07, 6.45) is 2.23. The number of hydrogen-bond donors (Lipinski definition) is 0. The fourth-order valence-corrected chi connectivity index (χ4v) is 1.60. The average molecular weight is 236 g/mol. The first-order valence-electron chi connectivity index (χ1n) is 5.87. The third-order valence-corrected chi connectivity index (χ3v) is 2.80. The molecule has 0 atom stereocenters. The van der Waals surface area contributed by atoms with Gasteiger partial charge in [-0.1, -0.05) is 13.0 Å². The van der Waals surface area contributed by atoms with Gasteiger partial charge in [-0.2, -0.15) is 0 Å². The highest BCUT2D eigenvalue weighted by atomic mass is 16.5. The highest BCUT2D eigenvalue weighted by Crippen LogP contribution is 2.07. The lowest BCUT2D eigenvalue weighted by atomic mass is 10.2. The van der Waals surface area contributed by atoms with Crippen LogP contribution in [0.4, 0.5) is 0 Å². The molecule has 0 aliphatic heterocycles. The maximum absolute atomic E-state index is 11.1. The first kappa shape index (κ1) is 13.6. The molecule has 1 aromatic heterocycles. The van der Waals surface area contributed by atoms with Crippen molar-refractivity contribution >= 4 is 5.97 Å². The molecule has 0 aromatic carbocycles. The monoisotopic (exact) mass is 236 g/mol. The Morgan fingerprint density at radius 2 is 2.29 bits per heavy atom. The van der Waals surface area contributed by atoms with E-state index in [0.29, 0.717) is 13.0 Å². The van der Waals surface area contributed by atoms with Crippen molar-refractivity contribution in [2.75, 3.05) is 20.2 Å². The molecular weight excluding hydrogens is 216 g/mol. The van der Waals surface area contributed by atoms with E-state index in [9.17, 15) is 4.79 Å². The maximum Gasteiger partial charge on any atom is 0.306 e. The zero-order valence-corrected chi connectivity index (χ0v) is 10.8. The van der Waals surface area contributed by atoms with Crippen molar-refractivity contribution in [2.45, 2.75) is 26.8 Å². The number of esters is 1. The molecule has 0 unspecified atom stereocenters. The van der Waals surface area contributed by atoms with Crippen molar-refractivity contribution in [3.63, 3.8) is 0 Å². The molecule has 0 aliphatic rings. The van der Waals surface area contributed by atoms with Crippen molar-refractivity contribution in [2.24, 2.45) is 0 Å². The molecule has 0 fully saturated rings. The second-order valence-corrected chi connectivity index (χ2v) is 3.96. The third kappa shape index (κ3) is 4.53. The molecule has 0 aliphatic carbocycles. The zero-order valence-electron chi connectivity index (χ0n) is 10.8. The predicted molar refractivity (Wildman–Crippen MR) is 66.6 cm³/mol. The standard InChI is InChI=1S/C13H20N2O2/c1-4-15(9-7-13(16)17-3)10-12-11(2)6-5-8-14-12/h5-6,8H,4,7,9-10H2,1-3H3. The number of ether oxygens (including phenoxy) is 1. The molecule has 4 heteroatoms. The van der Waals surface area contributed by atoms with Crippen molar-refractivity contribution in [3.05, 3.63) is 29.6 Å². The van der Waals surface area contributed by atoms with Gasteiger partial charge in [0.05, 0.1) is 19.2 Å². The fourth-order valence-electron chi connectivity index (χ4n) is 1.60. The second-order valence-electron chi connectivity index (χ2n) is 3.96. The van der Waals surface area contributed by atoms with Crippen LogP contribution in [0.2, 0.25) is 0 Å². The van der Waals surface area contributed by atoms with Gasteiger partial charge in [-0.25, -0.2) is 0 Å². The van der Waals surface area contributed by atoms with Crippen LogP contribution in [0.25, 0.3) is 0 Å². The SMILES string of the molecule is CCN(CCC(=O)OC)Cc1ncccc1C. The van der Waals surface area contributed by atoms with Gasteiger partial charge < -0.3 is 4.74 Å². The van der Waals surface area contributed by atoms with Gasteiger partial charge in [-0.05, 0) is 25.1 Å². The Balaban J connectivity index is 2.52. The van der Waals surface area contributed by atoms with Gasteiger partial charge in [-0.3, -0.25) is 14.7 Å². The number of methoxy groups -OCH3 is 1. The minimum Gasteiger partial charge on any atom is -0.469 e. The van der Waals surface area contributed by atoms with E-state index in [1.807, 2.05) is 6.07 Å². The van der Waals surface area contributed by atoms with Crippen LogP contribution in [0.5, 0.6) is 0 Å². The van der Waals surface area contributed by atoms with Gasteiger partial charge in [0.1, 0.15) is 0 Å². The predicted octanol–water partition coefficient (Wildman–Crippen LogP) is 1.78. The summed E-state index contributed by atoms with van der Waals surface area (Å²) in [7, 11) is 1.42. The quantitative estimate of drug-likeness (QED) is 0.706. The molecule has 17 heavy (non-hydrogen) atoms. The topological polar surface area (TPSA) is 42.4 Å². The number of hydrogen-bond acceptors (Lipinski definition) is 4. The lowest BCUT2D eigenvalue weighted by Gasteiger charge is -2.20. The van der Waals surface area contributed by atoms with Crippen molar-refractivity contribution < 1.29 is 9.53 Å². The minimum atomic E-state index is -0.166. The number of rotatable bonds is 6. The summed E-state index contributed by atoms with van der Waals surface area (Å²) in [5.41, 5.74) is 2.25. The second kappa shape index (κ2) is 7.01. The van der Waals surface area contributed by atoms with Gasteiger partial charge in [0.15, 0.2) is 0 Å². The normalized spacial score (nSPS) is 10.6. The smallest absolute Gasteiger partial charge is 0.306 e. The summed E-state index contributed by atoms with van der Waals surface area (Å²) in [4.78, 5) is 17.6. The lowest BCUT2D eigenvalue weighted by molar-refractivity contribution is -0.141. The van der Waals surface area contributed by atoms with E-state index in [4.69, 9.17) is 0 Å². The van der Waals surface area contributed by atoms with Crippen LogP contribution in [-0.4, -0.2) is 36.1 Å². The van der Waals surface area contributed by atoms with E-state index in [0.717, 1.165) is 18.8 Å². The molecule has 1 aromatic rings. The Kier molecular flexibility index (Phi) is 5.63. The largest absolute Gasteiger partial charge is 0.469 e. The molecule has 0 N–H and O–H groups in total. The maximum atomic E-state index is 11.1. The summed E-state index contributed by atoms with van der Waals surface area (Å²) < 4.78 is 4.64. The highest BCUT2D eigenvalue weighted by Gasteiger charge is 2.09. The Morgan fingerprint density at radius 1 is 1.53 bits per heavy atom. The molecule has 4 nitrogen and oxygen atoms in total. The molecule has 0 saturated heterocycles. The van der Waals surface area contributed by atoms with Crippen LogP contribution in [0.3, 0.4) is 0 Å². The Hall–Kier alpha value is -1.42. The van der Waals surface area contributed by atoms with Gasteiger partial charge in [0.25, 0.3) is 0 Å². The van der Waals surface area contributed by atoms with Crippen molar-refractivity contribution in [1.82, 2.24) is 9.88 Å². The fraction of sp³-hybridized carbons (Fsp3) is 0.538. The van der Waals surface area contributed by atoms with E-state index in [1.54, 1.807) is 6.20 Å². The Bertz CT molecular complexity index is 366. The Labute approximate surface area is 103 Å². The van der Waals surface area contributed by atoms with E-state index >= 15 is 0 Å². The molecule has 0 amide bonds. The number of aromatic nitrogens is 1. The lowest BCUT2D eigenvalue weighted by Crippen LogP contribution is -2.26. The molecule has 1 rings (SSSR count). The number of pyridine rings is 1. The summed E-state index contributed by atoms with van der Waals surface area (Å²) in [5.74, 6) is -0.166. The first-order chi connectivity index (χ1) is 8.17. The Morgan fingerprint density at radius 3 is 2.88 bits per heavy atom. The van der Waals surface area contributed by atoms with E-state index in [1.165, 1.54) is 12.7 Å². The highest BCUT2D eigenvalue weighted by molar-refractivity contribution is 5.69. The zero-order chi connectivity index (χ0) is 12.7. The van der Waals surface area contributed by atoms with Crippen LogP contribution in [0.15, 0.2) is 18.3 Å². The van der Waals surface area contributed by atoms with Crippen molar-refractivity contribution in [3.8, 4) is 0 Å².